The van der Waals surface area contributed by atoms with Crippen LogP contribution in [0.2, 0.25) is 0 Å². The molecule has 1 aromatic carbocycles. The van der Waals surface area contributed by atoms with Crippen LogP contribution in [0.3, 0.4) is 0 Å². The number of hydrogen-bond donors (Lipinski definition) is 1. The van der Waals surface area contributed by atoms with Crippen LogP contribution in [0.5, 0.6) is 0 Å². The molecular weight excluding hydrogens is 296 g/mol. The van der Waals surface area contributed by atoms with Gasteiger partial charge in [-0.3, -0.25) is 9.69 Å². The minimum absolute atomic E-state index is 0.0285. The lowest BCUT2D eigenvalue weighted by atomic mass is 9.79. The van der Waals surface area contributed by atoms with Crippen molar-refractivity contribution in [3.8, 4) is 0 Å². The number of rotatable bonds is 5. The zero-order chi connectivity index (χ0) is 16.7. The minimum atomic E-state index is 0.0285. The Kier molecular flexibility index (Phi) is 6.08. The van der Waals surface area contributed by atoms with E-state index in [1.165, 1.54) is 64.5 Å². The molecule has 0 unspecified atom stereocenters. The number of likely N-dealkylation sites (tertiary alicyclic amines) is 1. The molecule has 3 heteroatoms. The third-order valence-corrected chi connectivity index (χ3v) is 5.63. The van der Waals surface area contributed by atoms with Crippen molar-refractivity contribution in [3.63, 3.8) is 0 Å². The molecule has 24 heavy (non-hydrogen) atoms. The maximum absolute atomic E-state index is 12.3. The summed E-state index contributed by atoms with van der Waals surface area (Å²) in [4.78, 5) is 14.9. The van der Waals surface area contributed by atoms with Crippen molar-refractivity contribution in [2.75, 3.05) is 19.6 Å². The van der Waals surface area contributed by atoms with Crippen molar-refractivity contribution >= 4 is 12.0 Å². The average Bonchev–Trinajstić information content (AvgIpc) is 2.67. The van der Waals surface area contributed by atoms with Gasteiger partial charge >= 0.3 is 0 Å². The first-order chi connectivity index (χ1) is 11.8. The van der Waals surface area contributed by atoms with Crippen LogP contribution >= 0.6 is 0 Å². The second kappa shape index (κ2) is 8.48. The highest BCUT2D eigenvalue weighted by molar-refractivity contribution is 5.91. The van der Waals surface area contributed by atoms with Crippen LogP contribution in [-0.4, -0.2) is 36.0 Å². The van der Waals surface area contributed by atoms with Crippen molar-refractivity contribution in [2.24, 2.45) is 0 Å². The number of piperidine rings is 1. The summed E-state index contributed by atoms with van der Waals surface area (Å²) in [7, 11) is 0. The van der Waals surface area contributed by atoms with Crippen molar-refractivity contribution < 1.29 is 4.79 Å². The fraction of sp³-hybridized carbons (Fsp3) is 0.571. The van der Waals surface area contributed by atoms with Gasteiger partial charge < -0.3 is 5.32 Å². The lowest BCUT2D eigenvalue weighted by Crippen LogP contribution is -2.58. The maximum atomic E-state index is 12.3. The van der Waals surface area contributed by atoms with Gasteiger partial charge in [-0.05, 0) is 50.4 Å². The molecule has 0 spiro atoms. The summed E-state index contributed by atoms with van der Waals surface area (Å²) in [5.74, 6) is 0.0285. The van der Waals surface area contributed by atoms with Gasteiger partial charge in [0, 0.05) is 18.2 Å². The molecule has 1 amide bonds. The first kappa shape index (κ1) is 17.2. The molecule has 1 aromatic rings. The summed E-state index contributed by atoms with van der Waals surface area (Å²) < 4.78 is 0. The molecular formula is C21H30N2O. The predicted molar refractivity (Wildman–Crippen MR) is 99.7 cm³/mol. The van der Waals surface area contributed by atoms with Crippen molar-refractivity contribution in [1.29, 1.82) is 0 Å². The van der Waals surface area contributed by atoms with Gasteiger partial charge in [0.2, 0.25) is 5.91 Å². The SMILES string of the molecule is O=C(/C=C/c1ccccc1)NCC1(N2CCCCC2)CCCCC1. The summed E-state index contributed by atoms with van der Waals surface area (Å²) >= 11 is 0. The Balaban J connectivity index is 1.58. The molecule has 130 valence electrons. The zero-order valence-corrected chi connectivity index (χ0v) is 14.7. The third-order valence-electron chi connectivity index (χ3n) is 5.63. The van der Waals surface area contributed by atoms with Gasteiger partial charge in [0.05, 0.1) is 0 Å². The first-order valence-corrected chi connectivity index (χ1v) is 9.55. The van der Waals surface area contributed by atoms with E-state index in [0.717, 1.165) is 12.1 Å². The largest absolute Gasteiger partial charge is 0.351 e. The standard InChI is InChI=1S/C21H30N2O/c24-20(13-12-19-10-4-1-5-11-19)22-18-21(14-6-2-7-15-21)23-16-8-3-9-17-23/h1,4-5,10-13H,2-3,6-9,14-18H2,(H,22,24)/b13-12+. The molecule has 1 saturated heterocycles. The van der Waals surface area contributed by atoms with Gasteiger partial charge in [-0.2, -0.15) is 0 Å². The molecule has 0 aromatic heterocycles. The zero-order valence-electron chi connectivity index (χ0n) is 14.7. The lowest BCUT2D eigenvalue weighted by Gasteiger charge is -2.48. The summed E-state index contributed by atoms with van der Waals surface area (Å²) in [6.07, 6.45) is 13.9. The Labute approximate surface area is 146 Å². The number of benzene rings is 1. The number of hydrogen-bond acceptors (Lipinski definition) is 2. The molecule has 0 atom stereocenters. The van der Waals surface area contributed by atoms with E-state index in [9.17, 15) is 4.79 Å². The molecule has 0 radical (unpaired) electrons. The summed E-state index contributed by atoms with van der Waals surface area (Å²) in [5.41, 5.74) is 1.27. The molecule has 1 aliphatic heterocycles. The Bertz CT molecular complexity index is 540. The number of nitrogens with one attached hydrogen (secondary N) is 1. The van der Waals surface area contributed by atoms with Gasteiger partial charge in [-0.15, -0.1) is 0 Å². The monoisotopic (exact) mass is 326 g/mol. The second-order valence-electron chi connectivity index (χ2n) is 7.29. The topological polar surface area (TPSA) is 32.3 Å². The van der Waals surface area contributed by atoms with Gasteiger partial charge in [0.25, 0.3) is 0 Å². The third kappa shape index (κ3) is 4.47. The van der Waals surface area contributed by atoms with Crippen molar-refractivity contribution in [1.82, 2.24) is 10.2 Å². The van der Waals surface area contributed by atoms with E-state index < -0.39 is 0 Å². The van der Waals surface area contributed by atoms with Crippen LogP contribution < -0.4 is 5.32 Å². The molecule has 1 aliphatic carbocycles. The predicted octanol–water partition coefficient (Wildman–Crippen LogP) is 4.00. The van der Waals surface area contributed by atoms with Crippen molar-refractivity contribution in [3.05, 3.63) is 42.0 Å². The van der Waals surface area contributed by atoms with Gasteiger partial charge in [0.1, 0.15) is 0 Å². The van der Waals surface area contributed by atoms with Crippen LogP contribution in [0.1, 0.15) is 56.9 Å². The van der Waals surface area contributed by atoms with Crippen LogP contribution in [-0.2, 0) is 4.79 Å². The smallest absolute Gasteiger partial charge is 0.244 e. The second-order valence-corrected chi connectivity index (χ2v) is 7.29. The number of carbonyl (C=O) groups excluding carboxylic acids is 1. The van der Waals surface area contributed by atoms with E-state index >= 15 is 0 Å². The highest BCUT2D eigenvalue weighted by atomic mass is 16.1. The Morgan fingerprint density at radius 3 is 2.38 bits per heavy atom. The molecule has 3 rings (SSSR count). The van der Waals surface area contributed by atoms with Crippen LogP contribution in [0.25, 0.3) is 6.08 Å². The van der Waals surface area contributed by atoms with Crippen LogP contribution in [0.4, 0.5) is 0 Å². The van der Waals surface area contributed by atoms with Gasteiger partial charge in [-0.25, -0.2) is 0 Å². The molecule has 1 heterocycles. The highest BCUT2D eigenvalue weighted by Gasteiger charge is 2.38. The van der Waals surface area contributed by atoms with E-state index in [1.807, 2.05) is 36.4 Å². The minimum Gasteiger partial charge on any atom is -0.351 e. The van der Waals surface area contributed by atoms with E-state index in [2.05, 4.69) is 10.2 Å². The maximum Gasteiger partial charge on any atom is 0.244 e. The summed E-state index contributed by atoms with van der Waals surface area (Å²) in [6.45, 7) is 3.20. The summed E-state index contributed by atoms with van der Waals surface area (Å²) in [6, 6.07) is 10.00. The Hall–Kier alpha value is -1.61. The normalized spacial score (nSPS) is 21.7. The lowest BCUT2D eigenvalue weighted by molar-refractivity contribution is -0.117. The highest BCUT2D eigenvalue weighted by Crippen LogP contribution is 2.35. The average molecular weight is 326 g/mol. The first-order valence-electron chi connectivity index (χ1n) is 9.55. The fourth-order valence-electron chi connectivity index (χ4n) is 4.23. The van der Waals surface area contributed by atoms with Crippen LogP contribution in [0, 0.1) is 0 Å². The molecule has 1 N–H and O–H groups in total. The quantitative estimate of drug-likeness (QED) is 0.829. The molecule has 2 fully saturated rings. The molecule has 0 bridgehead atoms. The van der Waals surface area contributed by atoms with Crippen LogP contribution in [0.15, 0.2) is 36.4 Å². The Morgan fingerprint density at radius 1 is 1.00 bits per heavy atom. The summed E-state index contributed by atoms with van der Waals surface area (Å²) in [5, 5.41) is 3.19. The fourth-order valence-corrected chi connectivity index (χ4v) is 4.23. The number of nitrogens with zero attached hydrogens (tertiary/aromatic N) is 1. The Morgan fingerprint density at radius 2 is 1.67 bits per heavy atom. The van der Waals surface area contributed by atoms with E-state index in [-0.39, 0.29) is 11.4 Å². The van der Waals surface area contributed by atoms with Gasteiger partial charge in [0.15, 0.2) is 0 Å². The van der Waals surface area contributed by atoms with E-state index in [1.54, 1.807) is 6.08 Å². The number of carbonyl (C=O) groups is 1. The molecule has 1 saturated carbocycles. The number of amides is 1. The van der Waals surface area contributed by atoms with E-state index in [4.69, 9.17) is 0 Å². The van der Waals surface area contributed by atoms with Crippen molar-refractivity contribution in [2.45, 2.75) is 56.9 Å². The molecule has 3 nitrogen and oxygen atoms in total. The van der Waals surface area contributed by atoms with Gasteiger partial charge in [-0.1, -0.05) is 56.0 Å². The van der Waals surface area contributed by atoms with E-state index in [0.29, 0.717) is 0 Å². The molecule has 2 aliphatic rings.